The van der Waals surface area contributed by atoms with Crippen LogP contribution in [0.5, 0.6) is 0 Å². The number of carbonyl (C=O) groups is 2. The molecule has 3 N–H and O–H groups in total. The second-order valence-electron chi connectivity index (χ2n) is 6.48. The smallest absolute Gasteiger partial charge is 0.254 e. The summed E-state index contributed by atoms with van der Waals surface area (Å²) in [4.78, 5) is 28.4. The van der Waals surface area contributed by atoms with Gasteiger partial charge in [0.1, 0.15) is 0 Å². The van der Waals surface area contributed by atoms with Crippen LogP contribution in [-0.2, 0) is 4.79 Å². The molecule has 1 aliphatic carbocycles. The van der Waals surface area contributed by atoms with Crippen LogP contribution in [0.1, 0.15) is 28.8 Å². The Labute approximate surface area is 136 Å². The first-order valence-electron chi connectivity index (χ1n) is 8.20. The third-order valence-corrected chi connectivity index (χ3v) is 4.46. The second kappa shape index (κ2) is 6.58. The summed E-state index contributed by atoms with van der Waals surface area (Å²) in [5.41, 5.74) is 8.01. The van der Waals surface area contributed by atoms with E-state index in [2.05, 4.69) is 10.2 Å². The minimum absolute atomic E-state index is 0.0249. The van der Waals surface area contributed by atoms with E-state index in [0.717, 1.165) is 31.5 Å². The highest BCUT2D eigenvalue weighted by atomic mass is 16.2. The molecule has 1 saturated carbocycles. The van der Waals surface area contributed by atoms with Gasteiger partial charge in [0.05, 0.1) is 6.54 Å². The minimum Gasteiger partial charge on any atom is -0.399 e. The Hall–Kier alpha value is -2.08. The zero-order chi connectivity index (χ0) is 16.4. The predicted molar refractivity (Wildman–Crippen MR) is 89.1 cm³/mol. The van der Waals surface area contributed by atoms with Crippen molar-refractivity contribution in [2.45, 2.75) is 25.8 Å². The normalized spacial score (nSPS) is 18.7. The van der Waals surface area contributed by atoms with Crippen molar-refractivity contribution in [1.82, 2.24) is 15.1 Å². The van der Waals surface area contributed by atoms with E-state index < -0.39 is 0 Å². The number of nitrogens with zero attached hydrogens (tertiary/aromatic N) is 2. The number of nitrogens with one attached hydrogen (secondary N) is 1. The molecule has 0 radical (unpaired) electrons. The van der Waals surface area contributed by atoms with Gasteiger partial charge in [-0.1, -0.05) is 6.07 Å². The van der Waals surface area contributed by atoms with Gasteiger partial charge in [0.25, 0.3) is 5.91 Å². The van der Waals surface area contributed by atoms with Crippen LogP contribution in [0.25, 0.3) is 0 Å². The number of amides is 2. The van der Waals surface area contributed by atoms with E-state index in [1.165, 1.54) is 0 Å². The van der Waals surface area contributed by atoms with E-state index in [0.29, 0.717) is 36.9 Å². The van der Waals surface area contributed by atoms with E-state index in [9.17, 15) is 9.59 Å². The zero-order valence-corrected chi connectivity index (χ0v) is 13.5. The van der Waals surface area contributed by atoms with Crippen molar-refractivity contribution in [3.8, 4) is 0 Å². The lowest BCUT2D eigenvalue weighted by atomic mass is 10.1. The van der Waals surface area contributed by atoms with E-state index in [1.54, 1.807) is 6.07 Å². The topological polar surface area (TPSA) is 78.7 Å². The maximum atomic E-state index is 12.6. The molecule has 2 aliphatic rings. The van der Waals surface area contributed by atoms with Gasteiger partial charge in [0.2, 0.25) is 5.91 Å². The maximum Gasteiger partial charge on any atom is 0.254 e. The number of nitrogens with two attached hydrogens (primary N) is 1. The summed E-state index contributed by atoms with van der Waals surface area (Å²) in [6.07, 6.45) is 2.21. The van der Waals surface area contributed by atoms with Crippen molar-refractivity contribution in [3.63, 3.8) is 0 Å². The van der Waals surface area contributed by atoms with Crippen LogP contribution < -0.4 is 11.1 Å². The molecular formula is C17H24N4O2. The summed E-state index contributed by atoms with van der Waals surface area (Å²) in [6, 6.07) is 5.83. The fourth-order valence-corrected chi connectivity index (χ4v) is 2.85. The molecule has 0 bridgehead atoms. The Bertz CT molecular complexity index is 605. The molecule has 3 rings (SSSR count). The summed E-state index contributed by atoms with van der Waals surface area (Å²) in [5, 5.41) is 3.00. The van der Waals surface area contributed by atoms with Gasteiger partial charge in [0, 0.05) is 43.5 Å². The van der Waals surface area contributed by atoms with Gasteiger partial charge in [-0.25, -0.2) is 0 Å². The van der Waals surface area contributed by atoms with Crippen molar-refractivity contribution in [3.05, 3.63) is 29.3 Å². The third kappa shape index (κ3) is 4.01. The van der Waals surface area contributed by atoms with Crippen LogP contribution in [0.2, 0.25) is 0 Å². The first-order chi connectivity index (χ1) is 11.0. The molecule has 0 unspecified atom stereocenters. The molecule has 0 atom stereocenters. The average Bonchev–Trinajstić information content (AvgIpc) is 3.33. The van der Waals surface area contributed by atoms with E-state index in [-0.39, 0.29) is 11.8 Å². The van der Waals surface area contributed by atoms with Crippen molar-refractivity contribution in [2.75, 3.05) is 38.5 Å². The largest absolute Gasteiger partial charge is 0.399 e. The molecule has 1 aliphatic heterocycles. The summed E-state index contributed by atoms with van der Waals surface area (Å²) < 4.78 is 0. The Balaban J connectivity index is 1.52. The number of hydrogen-bond donors (Lipinski definition) is 2. The van der Waals surface area contributed by atoms with Gasteiger partial charge in [-0.2, -0.15) is 0 Å². The summed E-state index contributed by atoms with van der Waals surface area (Å²) in [6.45, 7) is 5.09. The van der Waals surface area contributed by atoms with Crippen molar-refractivity contribution in [1.29, 1.82) is 0 Å². The van der Waals surface area contributed by atoms with Gasteiger partial charge in [-0.05, 0) is 37.5 Å². The summed E-state index contributed by atoms with van der Waals surface area (Å²) >= 11 is 0. The molecule has 124 valence electrons. The standard InChI is InChI=1S/C17H24N4O2/c1-12-2-3-13(18)10-15(12)17(23)21-8-6-20(7-9-21)11-16(22)19-14-4-5-14/h2-3,10,14H,4-9,11,18H2,1H3,(H,19,22). The van der Waals surface area contributed by atoms with E-state index in [4.69, 9.17) is 5.73 Å². The molecule has 6 nitrogen and oxygen atoms in total. The van der Waals surface area contributed by atoms with Crippen molar-refractivity contribution >= 4 is 17.5 Å². The van der Waals surface area contributed by atoms with E-state index >= 15 is 0 Å². The van der Waals surface area contributed by atoms with Crippen LogP contribution in [0.15, 0.2) is 18.2 Å². The molecule has 0 spiro atoms. The highest BCUT2D eigenvalue weighted by Gasteiger charge is 2.27. The van der Waals surface area contributed by atoms with Crippen LogP contribution in [0.4, 0.5) is 5.69 Å². The number of anilines is 1. The predicted octanol–water partition coefficient (Wildman–Crippen LogP) is 0.614. The lowest BCUT2D eigenvalue weighted by molar-refractivity contribution is -0.122. The zero-order valence-electron chi connectivity index (χ0n) is 13.5. The molecule has 1 saturated heterocycles. The van der Waals surface area contributed by atoms with Crippen LogP contribution in [0.3, 0.4) is 0 Å². The molecule has 1 aromatic carbocycles. The fourth-order valence-electron chi connectivity index (χ4n) is 2.85. The third-order valence-electron chi connectivity index (χ3n) is 4.46. The molecule has 0 aromatic heterocycles. The fraction of sp³-hybridized carbons (Fsp3) is 0.529. The number of rotatable bonds is 4. The Morgan fingerprint density at radius 2 is 1.91 bits per heavy atom. The number of aryl methyl sites for hydroxylation is 1. The lowest BCUT2D eigenvalue weighted by Gasteiger charge is -2.34. The van der Waals surface area contributed by atoms with Crippen molar-refractivity contribution < 1.29 is 9.59 Å². The maximum absolute atomic E-state index is 12.6. The molecule has 1 aromatic rings. The number of benzene rings is 1. The number of nitrogen functional groups attached to an aromatic ring is 1. The van der Waals surface area contributed by atoms with Crippen LogP contribution in [0, 0.1) is 6.92 Å². The van der Waals surface area contributed by atoms with E-state index in [1.807, 2.05) is 24.0 Å². The number of carbonyl (C=O) groups excluding carboxylic acids is 2. The van der Waals surface area contributed by atoms with Gasteiger partial charge in [-0.15, -0.1) is 0 Å². The Kier molecular flexibility index (Phi) is 4.52. The lowest BCUT2D eigenvalue weighted by Crippen LogP contribution is -2.51. The van der Waals surface area contributed by atoms with Crippen molar-refractivity contribution in [2.24, 2.45) is 0 Å². The quantitative estimate of drug-likeness (QED) is 0.798. The SMILES string of the molecule is Cc1ccc(N)cc1C(=O)N1CCN(CC(=O)NC2CC2)CC1. The number of piperazine rings is 1. The van der Waals surface area contributed by atoms with Gasteiger partial charge in [-0.3, -0.25) is 14.5 Å². The molecule has 6 heteroatoms. The Morgan fingerprint density at radius 3 is 2.57 bits per heavy atom. The first-order valence-corrected chi connectivity index (χ1v) is 8.20. The van der Waals surface area contributed by atoms with Gasteiger partial charge in [0.15, 0.2) is 0 Å². The second-order valence-corrected chi connectivity index (χ2v) is 6.48. The minimum atomic E-state index is 0.0249. The Morgan fingerprint density at radius 1 is 1.22 bits per heavy atom. The number of hydrogen-bond acceptors (Lipinski definition) is 4. The average molecular weight is 316 g/mol. The first kappa shape index (κ1) is 15.8. The molecule has 2 fully saturated rings. The molecular weight excluding hydrogens is 292 g/mol. The molecule has 23 heavy (non-hydrogen) atoms. The summed E-state index contributed by atoms with van der Waals surface area (Å²) in [5.74, 6) is 0.121. The highest BCUT2D eigenvalue weighted by Crippen LogP contribution is 2.19. The van der Waals surface area contributed by atoms with Crippen LogP contribution >= 0.6 is 0 Å². The summed E-state index contributed by atoms with van der Waals surface area (Å²) in [7, 11) is 0. The van der Waals surface area contributed by atoms with Gasteiger partial charge >= 0.3 is 0 Å². The monoisotopic (exact) mass is 316 g/mol. The highest BCUT2D eigenvalue weighted by molar-refractivity contribution is 5.96. The molecule has 1 heterocycles. The molecule has 2 amide bonds. The van der Waals surface area contributed by atoms with Gasteiger partial charge < -0.3 is 16.0 Å². The van der Waals surface area contributed by atoms with Crippen LogP contribution in [-0.4, -0.2) is 60.4 Å².